The van der Waals surface area contributed by atoms with E-state index in [1.807, 2.05) is 13.8 Å². The molecule has 1 atom stereocenters. The number of hydrogen-bond donors (Lipinski definition) is 1. The van der Waals surface area contributed by atoms with Crippen molar-refractivity contribution in [2.45, 2.75) is 26.9 Å². The lowest BCUT2D eigenvalue weighted by atomic mass is 10.0. The Bertz CT molecular complexity index is 1050. The minimum Gasteiger partial charge on any atom is -0.479 e. The minimum atomic E-state index is -1.20. The number of aliphatic carboxylic acids is 1. The van der Waals surface area contributed by atoms with E-state index in [1.54, 1.807) is 36.4 Å². The van der Waals surface area contributed by atoms with E-state index in [-0.39, 0.29) is 11.5 Å². The zero-order chi connectivity index (χ0) is 19.0. The molecule has 1 heterocycles. The lowest BCUT2D eigenvalue weighted by Gasteiger charge is -2.15. The molecule has 5 nitrogen and oxygen atoms in total. The molecule has 0 spiro atoms. The van der Waals surface area contributed by atoms with E-state index < -0.39 is 17.5 Å². The largest absolute Gasteiger partial charge is 0.479 e. The molecule has 2 aromatic carbocycles. The maximum atomic E-state index is 13.0. The normalized spacial score (nSPS) is 12.2. The molecule has 6 heteroatoms. The first kappa shape index (κ1) is 18.0. The molecule has 1 unspecified atom stereocenters. The van der Waals surface area contributed by atoms with E-state index in [0.29, 0.717) is 21.6 Å². The van der Waals surface area contributed by atoms with Crippen LogP contribution >= 0.6 is 11.6 Å². The molecule has 0 aliphatic rings. The fourth-order valence-corrected chi connectivity index (χ4v) is 2.68. The van der Waals surface area contributed by atoms with Crippen LogP contribution in [-0.4, -0.2) is 17.2 Å². The van der Waals surface area contributed by atoms with Gasteiger partial charge in [0.1, 0.15) is 5.58 Å². The zero-order valence-electron chi connectivity index (χ0n) is 14.5. The molecule has 0 radical (unpaired) electrons. The molecule has 3 rings (SSSR count). The second kappa shape index (κ2) is 6.84. The monoisotopic (exact) mass is 372 g/mol. The van der Waals surface area contributed by atoms with Crippen LogP contribution in [0.15, 0.2) is 45.6 Å². The number of halogens is 1. The van der Waals surface area contributed by atoms with Gasteiger partial charge in [0.25, 0.3) is 0 Å². The third-order valence-electron chi connectivity index (χ3n) is 4.21. The number of rotatable bonds is 4. The number of aryl methyl sites for hydroxylation is 2. The van der Waals surface area contributed by atoms with Crippen molar-refractivity contribution in [2.24, 2.45) is 0 Å². The summed E-state index contributed by atoms with van der Waals surface area (Å²) in [6.07, 6.45) is -1.20. The van der Waals surface area contributed by atoms with Crippen LogP contribution in [0.3, 0.4) is 0 Å². The molecular weight excluding hydrogens is 356 g/mol. The number of hydrogen-bond acceptors (Lipinski definition) is 4. The van der Waals surface area contributed by atoms with Gasteiger partial charge in [-0.05, 0) is 68.3 Å². The van der Waals surface area contributed by atoms with Gasteiger partial charge in [0.2, 0.25) is 11.2 Å². The fourth-order valence-electron chi connectivity index (χ4n) is 2.56. The van der Waals surface area contributed by atoms with Crippen LogP contribution in [-0.2, 0) is 4.79 Å². The van der Waals surface area contributed by atoms with Crippen molar-refractivity contribution < 1.29 is 19.1 Å². The third kappa shape index (κ3) is 3.30. The Hall–Kier alpha value is -2.79. The number of carbonyl (C=O) groups is 1. The predicted molar refractivity (Wildman–Crippen MR) is 100 cm³/mol. The average Bonchev–Trinajstić information content (AvgIpc) is 2.59. The molecule has 0 aliphatic heterocycles. The number of fused-ring (bicyclic) bond motifs is 1. The first-order valence-electron chi connectivity index (χ1n) is 8.01. The molecule has 0 aliphatic carbocycles. The van der Waals surface area contributed by atoms with Gasteiger partial charge in [0.05, 0.1) is 5.39 Å². The van der Waals surface area contributed by atoms with E-state index in [2.05, 4.69) is 0 Å². The van der Waals surface area contributed by atoms with Gasteiger partial charge in [-0.1, -0.05) is 11.6 Å². The quantitative estimate of drug-likeness (QED) is 0.725. The van der Waals surface area contributed by atoms with Crippen LogP contribution in [0.1, 0.15) is 18.1 Å². The summed E-state index contributed by atoms with van der Waals surface area (Å²) in [7, 11) is 0. The van der Waals surface area contributed by atoms with Crippen molar-refractivity contribution in [2.75, 3.05) is 0 Å². The van der Waals surface area contributed by atoms with Gasteiger partial charge in [-0.15, -0.1) is 0 Å². The summed E-state index contributed by atoms with van der Waals surface area (Å²) in [5.74, 6) is -1.12. The summed E-state index contributed by atoms with van der Waals surface area (Å²) >= 11 is 5.93. The van der Waals surface area contributed by atoms with Gasteiger partial charge in [-0.2, -0.15) is 0 Å². The highest BCUT2D eigenvalue weighted by molar-refractivity contribution is 6.30. The highest BCUT2D eigenvalue weighted by Gasteiger charge is 2.23. The summed E-state index contributed by atoms with van der Waals surface area (Å²) in [6, 6.07) is 10.2. The predicted octanol–water partition coefficient (Wildman–Crippen LogP) is 4.58. The Morgan fingerprint density at radius 2 is 1.77 bits per heavy atom. The molecule has 134 valence electrons. The number of carboxylic acid groups (broad SMARTS) is 1. The van der Waals surface area contributed by atoms with Crippen LogP contribution < -0.4 is 10.2 Å². The van der Waals surface area contributed by atoms with Gasteiger partial charge in [0.15, 0.2) is 11.9 Å². The summed E-state index contributed by atoms with van der Waals surface area (Å²) in [5, 5.41) is 10.0. The standard InChI is InChI=1S/C20H17ClO5/c1-10-8-15-16(9-11(10)2)26-18(13-4-6-14(21)7-5-13)19(17(15)22)25-12(3)20(23)24/h4-9,12H,1-3H3,(H,23,24). The Labute approximate surface area is 154 Å². The van der Waals surface area contributed by atoms with Gasteiger partial charge in [0, 0.05) is 10.6 Å². The SMILES string of the molecule is Cc1cc2oc(-c3ccc(Cl)cc3)c(OC(C)C(=O)O)c(=O)c2cc1C. The fraction of sp³-hybridized carbons (Fsp3) is 0.200. The maximum absolute atomic E-state index is 13.0. The van der Waals surface area contributed by atoms with Crippen molar-refractivity contribution in [3.63, 3.8) is 0 Å². The molecule has 1 N–H and O–H groups in total. The highest BCUT2D eigenvalue weighted by atomic mass is 35.5. The highest BCUT2D eigenvalue weighted by Crippen LogP contribution is 2.33. The zero-order valence-corrected chi connectivity index (χ0v) is 15.3. The topological polar surface area (TPSA) is 76.7 Å². The van der Waals surface area contributed by atoms with E-state index in [1.165, 1.54) is 6.92 Å². The van der Waals surface area contributed by atoms with Gasteiger partial charge < -0.3 is 14.3 Å². The second-order valence-electron chi connectivity index (χ2n) is 6.13. The van der Waals surface area contributed by atoms with E-state index in [0.717, 1.165) is 11.1 Å². The van der Waals surface area contributed by atoms with Gasteiger partial charge >= 0.3 is 5.97 Å². The second-order valence-corrected chi connectivity index (χ2v) is 6.56. The van der Waals surface area contributed by atoms with Gasteiger partial charge in [-0.25, -0.2) is 4.79 Å². The Kier molecular flexibility index (Phi) is 4.74. The smallest absolute Gasteiger partial charge is 0.344 e. The molecule has 0 saturated carbocycles. The first-order valence-corrected chi connectivity index (χ1v) is 8.39. The van der Waals surface area contributed by atoms with E-state index >= 15 is 0 Å². The van der Waals surface area contributed by atoms with Crippen LogP contribution in [0, 0.1) is 13.8 Å². The van der Waals surface area contributed by atoms with Crippen molar-refractivity contribution in [1.82, 2.24) is 0 Å². The summed E-state index contributed by atoms with van der Waals surface area (Å²) in [5.41, 5.74) is 2.49. The number of benzene rings is 2. The molecule has 26 heavy (non-hydrogen) atoms. The van der Waals surface area contributed by atoms with Crippen LogP contribution in [0.2, 0.25) is 5.02 Å². The maximum Gasteiger partial charge on any atom is 0.344 e. The van der Waals surface area contributed by atoms with Crippen LogP contribution in [0.25, 0.3) is 22.3 Å². The molecular formula is C20H17ClO5. The lowest BCUT2D eigenvalue weighted by Crippen LogP contribution is -2.26. The minimum absolute atomic E-state index is 0.127. The summed E-state index contributed by atoms with van der Waals surface area (Å²) < 4.78 is 11.4. The first-order chi connectivity index (χ1) is 12.3. The molecule has 1 aromatic heterocycles. The third-order valence-corrected chi connectivity index (χ3v) is 4.47. The molecule has 0 saturated heterocycles. The van der Waals surface area contributed by atoms with Crippen molar-refractivity contribution in [1.29, 1.82) is 0 Å². The van der Waals surface area contributed by atoms with E-state index in [4.69, 9.17) is 25.9 Å². The average molecular weight is 373 g/mol. The van der Waals surface area contributed by atoms with Crippen LogP contribution in [0.5, 0.6) is 5.75 Å². The number of ether oxygens (including phenoxy) is 1. The molecule has 0 bridgehead atoms. The Morgan fingerprint density at radius 3 is 2.38 bits per heavy atom. The Balaban J connectivity index is 2.32. The van der Waals surface area contributed by atoms with Crippen molar-refractivity contribution in [3.8, 4) is 17.1 Å². The lowest BCUT2D eigenvalue weighted by molar-refractivity contribution is -0.144. The summed E-state index contributed by atoms with van der Waals surface area (Å²) in [4.78, 5) is 24.2. The van der Waals surface area contributed by atoms with Crippen molar-refractivity contribution in [3.05, 3.63) is 62.8 Å². The molecule has 3 aromatic rings. The number of carboxylic acids is 1. The van der Waals surface area contributed by atoms with Crippen molar-refractivity contribution >= 4 is 28.5 Å². The van der Waals surface area contributed by atoms with Gasteiger partial charge in [-0.3, -0.25) is 4.79 Å². The Morgan fingerprint density at radius 1 is 1.15 bits per heavy atom. The molecule has 0 fully saturated rings. The van der Waals surface area contributed by atoms with Crippen LogP contribution in [0.4, 0.5) is 0 Å². The van der Waals surface area contributed by atoms with E-state index in [9.17, 15) is 9.59 Å². The molecule has 0 amide bonds. The summed E-state index contributed by atoms with van der Waals surface area (Å²) in [6.45, 7) is 5.17.